The van der Waals surface area contributed by atoms with Gasteiger partial charge >= 0.3 is 0 Å². The minimum atomic E-state index is -0.860. The van der Waals surface area contributed by atoms with Crippen LogP contribution in [0.25, 0.3) is 0 Å². The molecule has 0 radical (unpaired) electrons. The predicted molar refractivity (Wildman–Crippen MR) is 56.4 cm³/mol. The van der Waals surface area contributed by atoms with E-state index in [9.17, 15) is 8.78 Å². The smallest absolute Gasteiger partial charge is 0.252 e. The molecule has 0 aromatic carbocycles. The van der Waals surface area contributed by atoms with Gasteiger partial charge in [0, 0.05) is 18.6 Å². The number of nitrogen functional groups attached to an aromatic ring is 1. The van der Waals surface area contributed by atoms with Crippen LogP contribution in [0, 0.1) is 17.6 Å². The van der Waals surface area contributed by atoms with Crippen LogP contribution in [0.4, 0.5) is 14.6 Å². The Morgan fingerprint density at radius 3 is 3.00 bits per heavy atom. The molecule has 1 atom stereocenters. The molecule has 2 rings (SSSR count). The molecule has 0 saturated carbocycles. The fourth-order valence-corrected chi connectivity index (χ4v) is 1.56. The first kappa shape index (κ1) is 12.0. The van der Waals surface area contributed by atoms with Gasteiger partial charge in [0.1, 0.15) is 0 Å². The van der Waals surface area contributed by atoms with Crippen LogP contribution in [0.2, 0.25) is 0 Å². The Morgan fingerprint density at radius 1 is 1.53 bits per heavy atom. The van der Waals surface area contributed by atoms with Crippen LogP contribution in [0.1, 0.15) is 6.42 Å². The summed E-state index contributed by atoms with van der Waals surface area (Å²) in [5.74, 6) is 3.04. The summed E-state index contributed by atoms with van der Waals surface area (Å²) in [6.07, 6.45) is 0.866. The van der Waals surface area contributed by atoms with E-state index in [1.807, 2.05) is 5.43 Å². The van der Waals surface area contributed by atoms with Crippen molar-refractivity contribution in [3.63, 3.8) is 0 Å². The molecule has 17 heavy (non-hydrogen) atoms. The second kappa shape index (κ2) is 5.24. The van der Waals surface area contributed by atoms with Crippen LogP contribution < -0.4 is 16.0 Å². The molecule has 1 fully saturated rings. The van der Waals surface area contributed by atoms with Gasteiger partial charge in [-0.05, 0) is 6.42 Å². The number of nitrogens with zero attached hydrogens (tertiary/aromatic N) is 1. The lowest BCUT2D eigenvalue weighted by Gasteiger charge is -2.11. The second-order valence-electron chi connectivity index (χ2n) is 3.79. The molecule has 0 amide bonds. The van der Waals surface area contributed by atoms with Crippen LogP contribution in [0.15, 0.2) is 6.07 Å². The average molecular weight is 245 g/mol. The lowest BCUT2D eigenvalue weighted by molar-refractivity contribution is 0.163. The number of aromatic nitrogens is 1. The number of hydrogen-bond donors (Lipinski definition) is 2. The molecule has 1 aliphatic rings. The van der Waals surface area contributed by atoms with Crippen molar-refractivity contribution in [2.75, 3.05) is 25.2 Å². The third-order valence-electron chi connectivity index (χ3n) is 2.51. The lowest BCUT2D eigenvalue weighted by Crippen LogP contribution is -2.15. The monoisotopic (exact) mass is 245 g/mol. The van der Waals surface area contributed by atoms with Gasteiger partial charge in [0.15, 0.2) is 17.5 Å². The van der Waals surface area contributed by atoms with E-state index in [0.29, 0.717) is 25.9 Å². The minimum Gasteiger partial charge on any atom is -0.475 e. The maximum atomic E-state index is 13.3. The van der Waals surface area contributed by atoms with Crippen molar-refractivity contribution < 1.29 is 18.3 Å². The molecule has 0 aliphatic carbocycles. The topological polar surface area (TPSA) is 69.4 Å². The van der Waals surface area contributed by atoms with Crippen LogP contribution in [-0.2, 0) is 4.74 Å². The Hall–Kier alpha value is -1.47. The van der Waals surface area contributed by atoms with Gasteiger partial charge in [-0.15, -0.1) is 0 Å². The molecule has 7 heteroatoms. The summed E-state index contributed by atoms with van der Waals surface area (Å²) in [6, 6.07) is 0.683. The molecule has 3 N–H and O–H groups in total. The van der Waals surface area contributed by atoms with Crippen molar-refractivity contribution in [3.8, 4) is 5.88 Å². The summed E-state index contributed by atoms with van der Waals surface area (Å²) < 4.78 is 36.7. The zero-order chi connectivity index (χ0) is 12.3. The van der Waals surface area contributed by atoms with E-state index in [2.05, 4.69) is 4.98 Å². The Bertz CT molecular complexity index is 397. The molecular weight excluding hydrogens is 232 g/mol. The van der Waals surface area contributed by atoms with Gasteiger partial charge in [-0.2, -0.15) is 4.98 Å². The quantitative estimate of drug-likeness (QED) is 0.613. The highest BCUT2D eigenvalue weighted by Crippen LogP contribution is 2.21. The highest BCUT2D eigenvalue weighted by atomic mass is 19.1. The largest absolute Gasteiger partial charge is 0.475 e. The first-order valence-corrected chi connectivity index (χ1v) is 5.24. The number of hydrogen-bond acceptors (Lipinski definition) is 5. The van der Waals surface area contributed by atoms with Crippen LogP contribution in [0.3, 0.4) is 0 Å². The third kappa shape index (κ3) is 2.80. The Morgan fingerprint density at radius 2 is 2.35 bits per heavy atom. The Labute approximate surface area is 96.9 Å². The fraction of sp³-hybridized carbons (Fsp3) is 0.500. The summed E-state index contributed by atoms with van der Waals surface area (Å²) >= 11 is 0. The van der Waals surface area contributed by atoms with Crippen molar-refractivity contribution >= 4 is 5.82 Å². The van der Waals surface area contributed by atoms with Crippen molar-refractivity contribution in [1.29, 1.82) is 0 Å². The number of ether oxygens (including phenoxy) is 2. The molecule has 1 aromatic heterocycles. The Balaban J connectivity index is 2.03. The molecular formula is C10H13F2N3O2. The van der Waals surface area contributed by atoms with Gasteiger partial charge in [-0.3, -0.25) is 0 Å². The number of pyridine rings is 1. The highest BCUT2D eigenvalue weighted by Gasteiger charge is 2.18. The molecule has 2 heterocycles. The molecule has 0 spiro atoms. The fourth-order valence-electron chi connectivity index (χ4n) is 1.56. The maximum Gasteiger partial charge on any atom is 0.252 e. The van der Waals surface area contributed by atoms with E-state index in [1.165, 1.54) is 0 Å². The first-order chi connectivity index (χ1) is 8.20. The summed E-state index contributed by atoms with van der Waals surface area (Å²) in [5.41, 5.74) is 2.03. The van der Waals surface area contributed by atoms with E-state index < -0.39 is 11.6 Å². The van der Waals surface area contributed by atoms with Crippen molar-refractivity contribution in [2.45, 2.75) is 6.42 Å². The van der Waals surface area contributed by atoms with E-state index in [-0.39, 0.29) is 17.6 Å². The summed E-state index contributed by atoms with van der Waals surface area (Å²) in [4.78, 5) is 3.60. The summed E-state index contributed by atoms with van der Waals surface area (Å²) in [5, 5.41) is 0. The summed E-state index contributed by atoms with van der Waals surface area (Å²) in [7, 11) is 0. The number of anilines is 1. The van der Waals surface area contributed by atoms with Crippen molar-refractivity contribution in [3.05, 3.63) is 17.7 Å². The van der Waals surface area contributed by atoms with E-state index in [1.54, 1.807) is 0 Å². The van der Waals surface area contributed by atoms with Gasteiger partial charge in [0.05, 0.1) is 13.2 Å². The van der Waals surface area contributed by atoms with E-state index >= 15 is 0 Å². The van der Waals surface area contributed by atoms with Gasteiger partial charge in [-0.1, -0.05) is 0 Å². The molecule has 5 nitrogen and oxygen atoms in total. The molecule has 1 saturated heterocycles. The zero-order valence-corrected chi connectivity index (χ0v) is 9.08. The van der Waals surface area contributed by atoms with Gasteiger partial charge < -0.3 is 14.9 Å². The number of halogens is 2. The van der Waals surface area contributed by atoms with Crippen molar-refractivity contribution in [2.24, 2.45) is 11.8 Å². The highest BCUT2D eigenvalue weighted by molar-refractivity contribution is 5.38. The van der Waals surface area contributed by atoms with Crippen LogP contribution in [-0.4, -0.2) is 24.8 Å². The van der Waals surface area contributed by atoms with Gasteiger partial charge in [0.25, 0.3) is 5.88 Å². The normalized spacial score (nSPS) is 19.4. The van der Waals surface area contributed by atoms with Crippen molar-refractivity contribution in [1.82, 2.24) is 4.98 Å². The molecule has 0 bridgehead atoms. The predicted octanol–water partition coefficient (Wildman–Crippen LogP) is 1.06. The number of hydrazine groups is 1. The maximum absolute atomic E-state index is 13.3. The van der Waals surface area contributed by atoms with E-state index in [4.69, 9.17) is 15.3 Å². The second-order valence-corrected chi connectivity index (χ2v) is 3.79. The SMILES string of the molecule is NNc1nc(OCC2CCOC2)c(F)cc1F. The number of nitrogens with two attached hydrogens (primary N) is 1. The lowest BCUT2D eigenvalue weighted by atomic mass is 10.1. The van der Waals surface area contributed by atoms with Gasteiger partial charge in [-0.25, -0.2) is 14.6 Å². The Kier molecular flexibility index (Phi) is 3.70. The van der Waals surface area contributed by atoms with Crippen LogP contribution in [0.5, 0.6) is 5.88 Å². The molecule has 1 aliphatic heterocycles. The molecule has 94 valence electrons. The van der Waals surface area contributed by atoms with Crippen LogP contribution >= 0.6 is 0 Å². The average Bonchev–Trinajstić information content (AvgIpc) is 2.81. The third-order valence-corrected chi connectivity index (χ3v) is 2.51. The summed E-state index contributed by atoms with van der Waals surface area (Å²) in [6.45, 7) is 1.56. The number of nitrogens with one attached hydrogen (secondary N) is 1. The molecule has 1 unspecified atom stereocenters. The van der Waals surface area contributed by atoms with Gasteiger partial charge in [0.2, 0.25) is 0 Å². The zero-order valence-electron chi connectivity index (χ0n) is 9.08. The van der Waals surface area contributed by atoms with E-state index in [0.717, 1.165) is 6.42 Å². The minimum absolute atomic E-state index is 0.218. The number of rotatable bonds is 4. The molecule has 1 aromatic rings. The standard InChI is InChI=1S/C10H13F2N3O2/c11-7-3-8(12)10(14-9(7)15-13)17-5-6-1-2-16-4-6/h3,6H,1-2,4-5,13H2,(H,14,15). The first-order valence-electron chi connectivity index (χ1n) is 5.24.